The number of ether oxygens (including phenoxy) is 4. The van der Waals surface area contributed by atoms with Gasteiger partial charge in [0.25, 0.3) is 0 Å². The van der Waals surface area contributed by atoms with Crippen LogP contribution < -0.4 is 20.1 Å². The fourth-order valence-corrected chi connectivity index (χ4v) is 5.68. The van der Waals surface area contributed by atoms with Gasteiger partial charge in [-0.25, -0.2) is 0 Å². The van der Waals surface area contributed by atoms with Crippen molar-refractivity contribution < 1.29 is 28.8 Å². The van der Waals surface area contributed by atoms with Crippen LogP contribution in [0.1, 0.15) is 43.7 Å². The summed E-state index contributed by atoms with van der Waals surface area (Å²) < 4.78 is 23.0. The molecule has 9 heteroatoms. The summed E-state index contributed by atoms with van der Waals surface area (Å²) in [6.45, 7) is 8.08. The molecule has 4 rings (SSSR count). The number of nitrogens with zero attached hydrogens (tertiary/aromatic N) is 2. The van der Waals surface area contributed by atoms with E-state index in [1.54, 1.807) is 19.1 Å². The minimum Gasteiger partial charge on any atom is -0.497 e. The average molecular weight is 556 g/mol. The normalized spacial score (nSPS) is 21.6. The van der Waals surface area contributed by atoms with Crippen molar-refractivity contribution in [3.05, 3.63) is 53.6 Å². The molecular formula is C31H45N3O6. The predicted octanol–water partition coefficient (Wildman–Crippen LogP) is 3.18. The maximum atomic E-state index is 13.2. The molecule has 0 spiro atoms. The predicted molar refractivity (Wildman–Crippen MR) is 155 cm³/mol. The lowest BCUT2D eigenvalue weighted by Crippen LogP contribution is -2.57. The maximum absolute atomic E-state index is 13.2. The lowest BCUT2D eigenvalue weighted by atomic mass is 9.84. The molecular weight excluding hydrogens is 510 g/mol. The first-order chi connectivity index (χ1) is 19.3. The van der Waals surface area contributed by atoms with E-state index >= 15 is 0 Å². The van der Waals surface area contributed by atoms with Crippen molar-refractivity contribution in [2.75, 3.05) is 58.5 Å². The smallest absolute Gasteiger partial charge is 0.239 e. The van der Waals surface area contributed by atoms with Gasteiger partial charge in [0.15, 0.2) is 0 Å². The lowest BCUT2D eigenvalue weighted by molar-refractivity contribution is -0.143. The van der Waals surface area contributed by atoms with Crippen LogP contribution >= 0.6 is 0 Å². The summed E-state index contributed by atoms with van der Waals surface area (Å²) in [5.41, 5.74) is 9.25. The Morgan fingerprint density at radius 1 is 1.15 bits per heavy atom. The van der Waals surface area contributed by atoms with E-state index in [2.05, 4.69) is 11.0 Å². The molecule has 2 heterocycles. The molecule has 4 atom stereocenters. The summed E-state index contributed by atoms with van der Waals surface area (Å²) in [5, 5.41) is 11.3. The molecule has 1 unspecified atom stereocenters. The number of benzene rings is 2. The number of anilines is 1. The second kappa shape index (κ2) is 14.2. The molecule has 2 aliphatic rings. The van der Waals surface area contributed by atoms with Crippen LogP contribution in [-0.4, -0.2) is 87.8 Å². The second-order valence-corrected chi connectivity index (χ2v) is 11.2. The van der Waals surface area contributed by atoms with E-state index in [1.807, 2.05) is 50.2 Å². The molecule has 0 saturated carbocycles. The highest BCUT2D eigenvalue weighted by atomic mass is 16.5. The van der Waals surface area contributed by atoms with Crippen LogP contribution in [0.2, 0.25) is 0 Å². The lowest BCUT2D eigenvalue weighted by Gasteiger charge is -2.42. The fourth-order valence-electron chi connectivity index (χ4n) is 5.68. The first-order valence-electron chi connectivity index (χ1n) is 14.3. The van der Waals surface area contributed by atoms with Gasteiger partial charge in [-0.3, -0.25) is 4.79 Å². The molecule has 2 aliphatic heterocycles. The van der Waals surface area contributed by atoms with Crippen molar-refractivity contribution >= 4 is 11.6 Å². The Balaban J connectivity index is 1.53. The molecule has 0 aliphatic carbocycles. The summed E-state index contributed by atoms with van der Waals surface area (Å²) in [6, 6.07) is 13.2. The number of likely N-dealkylation sites (tertiary alicyclic amines) is 1. The molecule has 9 nitrogen and oxygen atoms in total. The number of methoxy groups -OCH3 is 2. The molecule has 2 aromatic carbocycles. The topological polar surface area (TPSA) is 107 Å². The van der Waals surface area contributed by atoms with E-state index < -0.39 is 18.2 Å². The number of amides is 1. The second-order valence-electron chi connectivity index (χ2n) is 11.2. The number of rotatable bonds is 12. The number of piperidine rings is 1. The summed E-state index contributed by atoms with van der Waals surface area (Å²) in [7, 11) is 3.35. The Bertz CT molecular complexity index is 1090. The van der Waals surface area contributed by atoms with E-state index in [4.69, 9.17) is 24.7 Å². The van der Waals surface area contributed by atoms with Crippen molar-refractivity contribution in [3.63, 3.8) is 0 Å². The van der Waals surface area contributed by atoms with Gasteiger partial charge in [0.05, 0.1) is 44.2 Å². The molecule has 220 valence electrons. The molecule has 40 heavy (non-hydrogen) atoms. The van der Waals surface area contributed by atoms with Crippen molar-refractivity contribution in [2.24, 2.45) is 11.7 Å². The SMILES string of the molecule is COCCCN1CCOc2ccc(CO[C@H]3CN(C(=O)C(N)CC(C)C)C[C@@H](O)[C@@H]3c3ccc(OC)cc3)cc21. The van der Waals surface area contributed by atoms with Gasteiger partial charge in [0.2, 0.25) is 5.91 Å². The number of aliphatic hydroxyl groups is 1. The number of β-amino-alcohol motifs (C(OH)–C–C–N with tert-alkyl or cyclic N) is 1. The maximum Gasteiger partial charge on any atom is 0.239 e. The highest BCUT2D eigenvalue weighted by Gasteiger charge is 2.40. The Morgan fingerprint density at radius 2 is 1.93 bits per heavy atom. The third-order valence-corrected chi connectivity index (χ3v) is 7.70. The van der Waals surface area contributed by atoms with Gasteiger partial charge >= 0.3 is 0 Å². The fraction of sp³-hybridized carbons (Fsp3) is 0.581. The number of carbonyl (C=O) groups is 1. The van der Waals surface area contributed by atoms with Crippen molar-refractivity contribution in [3.8, 4) is 11.5 Å². The molecule has 0 bridgehead atoms. The number of carbonyl (C=O) groups excluding carboxylic acids is 1. The van der Waals surface area contributed by atoms with E-state index in [-0.39, 0.29) is 18.4 Å². The van der Waals surface area contributed by atoms with Crippen LogP contribution in [0.15, 0.2) is 42.5 Å². The van der Waals surface area contributed by atoms with Gasteiger partial charge in [-0.2, -0.15) is 0 Å². The zero-order valence-corrected chi connectivity index (χ0v) is 24.3. The average Bonchev–Trinajstić information content (AvgIpc) is 2.95. The van der Waals surface area contributed by atoms with E-state index in [9.17, 15) is 9.90 Å². The molecule has 3 N–H and O–H groups in total. The van der Waals surface area contributed by atoms with Gasteiger partial charge < -0.3 is 39.6 Å². The van der Waals surface area contributed by atoms with Crippen LogP contribution in [0.25, 0.3) is 0 Å². The van der Waals surface area contributed by atoms with Gasteiger partial charge in [0, 0.05) is 39.3 Å². The number of aliphatic hydroxyl groups excluding tert-OH is 1. The highest BCUT2D eigenvalue weighted by molar-refractivity contribution is 5.82. The van der Waals surface area contributed by atoms with E-state index in [0.717, 1.165) is 47.8 Å². The van der Waals surface area contributed by atoms with Crippen LogP contribution in [0, 0.1) is 5.92 Å². The zero-order valence-electron chi connectivity index (χ0n) is 24.3. The first kappa shape index (κ1) is 30.1. The summed E-state index contributed by atoms with van der Waals surface area (Å²) in [6.07, 6.45) is 0.313. The molecule has 1 amide bonds. The van der Waals surface area contributed by atoms with Gasteiger partial charge in [-0.05, 0) is 54.2 Å². The number of fused-ring (bicyclic) bond motifs is 1. The standard InChI is InChI=1S/C31H45N3O6/c1-21(2)16-25(32)31(36)34-18-27(35)30(23-7-9-24(38-4)10-8-23)29(19-34)40-20-22-6-11-28-26(17-22)33(13-15-39-28)12-5-14-37-3/h6-11,17,21,25,27,29-30,35H,5,12-16,18-20,32H2,1-4H3/t25?,27-,29+,30+/m1/s1. The first-order valence-corrected chi connectivity index (χ1v) is 14.3. The van der Waals surface area contributed by atoms with Crippen molar-refractivity contribution in [1.29, 1.82) is 0 Å². The highest BCUT2D eigenvalue weighted by Crippen LogP contribution is 2.35. The summed E-state index contributed by atoms with van der Waals surface area (Å²) in [5.74, 6) is 1.46. The third kappa shape index (κ3) is 7.46. The Hall–Kier alpha value is -2.85. The summed E-state index contributed by atoms with van der Waals surface area (Å²) in [4.78, 5) is 17.2. The van der Waals surface area contributed by atoms with Crippen LogP contribution in [0.4, 0.5) is 5.69 Å². The zero-order chi connectivity index (χ0) is 28.6. The minimum absolute atomic E-state index is 0.146. The van der Waals surface area contributed by atoms with Crippen LogP contribution in [-0.2, 0) is 20.9 Å². The Kier molecular flexibility index (Phi) is 10.7. The number of hydrogen-bond donors (Lipinski definition) is 2. The number of hydrogen-bond acceptors (Lipinski definition) is 8. The molecule has 0 radical (unpaired) electrons. The van der Waals surface area contributed by atoms with Crippen molar-refractivity contribution in [1.82, 2.24) is 4.90 Å². The minimum atomic E-state index is -0.796. The summed E-state index contributed by atoms with van der Waals surface area (Å²) >= 11 is 0. The monoisotopic (exact) mass is 555 g/mol. The van der Waals surface area contributed by atoms with Crippen LogP contribution in [0.5, 0.6) is 11.5 Å². The van der Waals surface area contributed by atoms with Crippen molar-refractivity contribution in [2.45, 2.75) is 57.5 Å². The number of nitrogens with two attached hydrogens (primary N) is 1. The third-order valence-electron chi connectivity index (χ3n) is 7.70. The van der Waals surface area contributed by atoms with Crippen LogP contribution in [0.3, 0.4) is 0 Å². The Morgan fingerprint density at radius 3 is 2.62 bits per heavy atom. The molecule has 1 saturated heterocycles. The van der Waals surface area contributed by atoms with E-state index in [0.29, 0.717) is 38.7 Å². The molecule has 2 aromatic rings. The van der Waals surface area contributed by atoms with Gasteiger partial charge in [-0.1, -0.05) is 32.0 Å². The van der Waals surface area contributed by atoms with E-state index in [1.165, 1.54) is 0 Å². The largest absolute Gasteiger partial charge is 0.497 e. The Labute approximate surface area is 238 Å². The van der Waals surface area contributed by atoms with Gasteiger partial charge in [-0.15, -0.1) is 0 Å². The van der Waals surface area contributed by atoms with Gasteiger partial charge in [0.1, 0.15) is 18.1 Å². The molecule has 0 aromatic heterocycles. The molecule has 1 fully saturated rings. The quantitative estimate of drug-likeness (QED) is 0.385.